The maximum atomic E-state index is 12.7. The lowest BCUT2D eigenvalue weighted by atomic mass is 10.0. The van der Waals surface area contributed by atoms with E-state index in [9.17, 15) is 4.79 Å². The highest BCUT2D eigenvalue weighted by atomic mass is 16.2. The summed E-state index contributed by atoms with van der Waals surface area (Å²) in [5, 5.41) is 0. The predicted molar refractivity (Wildman–Crippen MR) is 79.2 cm³/mol. The second-order valence-corrected chi connectivity index (χ2v) is 5.30. The Morgan fingerprint density at radius 2 is 2.16 bits per heavy atom. The third-order valence-corrected chi connectivity index (χ3v) is 3.90. The summed E-state index contributed by atoms with van der Waals surface area (Å²) in [6.45, 7) is 3.38. The van der Waals surface area contributed by atoms with E-state index in [2.05, 4.69) is 25.1 Å². The summed E-state index contributed by atoms with van der Waals surface area (Å²) in [6, 6.07) is 8.28. The molecule has 0 fully saturated rings. The zero-order chi connectivity index (χ0) is 13.7. The van der Waals surface area contributed by atoms with Crippen LogP contribution in [0, 0.1) is 5.92 Å². The van der Waals surface area contributed by atoms with Crippen LogP contribution in [0.1, 0.15) is 38.2 Å². The summed E-state index contributed by atoms with van der Waals surface area (Å²) in [6.07, 6.45) is 5.18. The number of anilines is 1. The summed E-state index contributed by atoms with van der Waals surface area (Å²) in [7, 11) is 0. The average molecular weight is 260 g/mol. The highest BCUT2D eigenvalue weighted by molar-refractivity contribution is 5.96. The molecule has 104 valence electrons. The number of fused-ring (bicyclic) bond motifs is 1. The first-order chi connectivity index (χ1) is 9.27. The van der Waals surface area contributed by atoms with Gasteiger partial charge in [-0.25, -0.2) is 0 Å². The molecular formula is C16H24N2O. The zero-order valence-electron chi connectivity index (χ0n) is 11.8. The number of nitrogens with zero attached hydrogens (tertiary/aromatic N) is 1. The Labute approximate surface area is 115 Å². The van der Waals surface area contributed by atoms with Crippen molar-refractivity contribution >= 4 is 11.6 Å². The summed E-state index contributed by atoms with van der Waals surface area (Å²) in [5.74, 6) is 0.176. The molecule has 1 unspecified atom stereocenters. The van der Waals surface area contributed by atoms with Gasteiger partial charge in [0.25, 0.3) is 0 Å². The first-order valence-electron chi connectivity index (χ1n) is 7.37. The molecule has 1 heterocycles. The minimum Gasteiger partial charge on any atom is -0.330 e. The predicted octanol–water partition coefficient (Wildman–Crippen LogP) is 2.73. The van der Waals surface area contributed by atoms with E-state index in [1.54, 1.807) is 0 Å². The van der Waals surface area contributed by atoms with Gasteiger partial charge >= 0.3 is 0 Å². The summed E-state index contributed by atoms with van der Waals surface area (Å²) in [4.78, 5) is 14.6. The van der Waals surface area contributed by atoms with E-state index in [1.807, 2.05) is 11.0 Å². The van der Waals surface area contributed by atoms with Crippen molar-refractivity contribution in [2.75, 3.05) is 18.0 Å². The molecule has 1 aromatic carbocycles. The molecule has 0 bridgehead atoms. The van der Waals surface area contributed by atoms with Crippen molar-refractivity contribution in [3.63, 3.8) is 0 Å². The Kier molecular flexibility index (Phi) is 4.97. The fourth-order valence-corrected chi connectivity index (χ4v) is 2.83. The molecule has 0 saturated carbocycles. The monoisotopic (exact) mass is 260 g/mol. The summed E-state index contributed by atoms with van der Waals surface area (Å²) in [5.41, 5.74) is 8.17. The van der Waals surface area contributed by atoms with Gasteiger partial charge < -0.3 is 10.6 Å². The fourth-order valence-electron chi connectivity index (χ4n) is 2.83. The van der Waals surface area contributed by atoms with E-state index in [0.29, 0.717) is 6.54 Å². The molecule has 0 saturated heterocycles. The van der Waals surface area contributed by atoms with E-state index in [4.69, 9.17) is 5.73 Å². The average Bonchev–Trinajstić information content (AvgIpc) is 2.66. The highest BCUT2D eigenvalue weighted by Crippen LogP contribution is 2.27. The number of para-hydroxylation sites is 1. The number of carbonyl (C=O) groups excluding carboxylic acids is 1. The van der Waals surface area contributed by atoms with Crippen LogP contribution in [-0.2, 0) is 11.2 Å². The minimum atomic E-state index is -0.0313. The molecule has 1 aliphatic rings. The van der Waals surface area contributed by atoms with Gasteiger partial charge in [0.05, 0.1) is 5.92 Å². The number of benzene rings is 1. The molecule has 19 heavy (non-hydrogen) atoms. The zero-order valence-corrected chi connectivity index (χ0v) is 11.8. The second-order valence-electron chi connectivity index (χ2n) is 5.30. The summed E-state index contributed by atoms with van der Waals surface area (Å²) < 4.78 is 0. The van der Waals surface area contributed by atoms with E-state index in [1.165, 1.54) is 5.56 Å². The van der Waals surface area contributed by atoms with Gasteiger partial charge in [-0.15, -0.1) is 0 Å². The molecule has 2 N–H and O–H groups in total. The molecule has 3 nitrogen and oxygen atoms in total. The number of carbonyl (C=O) groups is 1. The molecule has 1 aromatic rings. The van der Waals surface area contributed by atoms with Gasteiger partial charge in [0.1, 0.15) is 0 Å². The Morgan fingerprint density at radius 3 is 2.89 bits per heavy atom. The highest BCUT2D eigenvalue weighted by Gasteiger charge is 2.26. The van der Waals surface area contributed by atoms with Crippen molar-refractivity contribution < 1.29 is 4.79 Å². The van der Waals surface area contributed by atoms with Gasteiger partial charge in [-0.2, -0.15) is 0 Å². The summed E-state index contributed by atoms with van der Waals surface area (Å²) >= 11 is 0. The first kappa shape index (κ1) is 14.1. The standard InChI is InChI=1S/C16H24N2O/c1-2-7-14(12-17)16(19)18-11-6-5-9-13-8-3-4-10-15(13)18/h3-4,8,10,14H,2,5-7,9,11-12,17H2,1H3. The third-order valence-electron chi connectivity index (χ3n) is 3.90. The fraction of sp³-hybridized carbons (Fsp3) is 0.562. The lowest BCUT2D eigenvalue weighted by Gasteiger charge is -2.27. The lowest BCUT2D eigenvalue weighted by molar-refractivity contribution is -0.122. The van der Waals surface area contributed by atoms with Gasteiger partial charge in [-0.1, -0.05) is 31.5 Å². The second kappa shape index (κ2) is 6.71. The number of nitrogens with two attached hydrogens (primary N) is 1. The quantitative estimate of drug-likeness (QED) is 0.904. The van der Waals surface area contributed by atoms with Crippen LogP contribution in [0.5, 0.6) is 0 Å². The van der Waals surface area contributed by atoms with Gasteiger partial charge in [0.2, 0.25) is 5.91 Å². The molecule has 0 aromatic heterocycles. The molecule has 0 radical (unpaired) electrons. The number of aryl methyl sites for hydroxylation is 1. The van der Waals surface area contributed by atoms with E-state index in [-0.39, 0.29) is 11.8 Å². The number of hydrogen-bond acceptors (Lipinski definition) is 2. The number of amides is 1. The molecule has 0 spiro atoms. The van der Waals surface area contributed by atoms with Crippen LogP contribution >= 0.6 is 0 Å². The van der Waals surface area contributed by atoms with Gasteiger partial charge in [-0.3, -0.25) is 4.79 Å². The molecule has 1 amide bonds. The maximum Gasteiger partial charge on any atom is 0.231 e. The van der Waals surface area contributed by atoms with Crippen LogP contribution < -0.4 is 10.6 Å². The van der Waals surface area contributed by atoms with Crippen molar-refractivity contribution in [1.82, 2.24) is 0 Å². The minimum absolute atomic E-state index is 0.0313. The number of rotatable bonds is 4. The first-order valence-corrected chi connectivity index (χ1v) is 7.37. The Hall–Kier alpha value is -1.35. The van der Waals surface area contributed by atoms with Gasteiger partial charge in [-0.05, 0) is 37.3 Å². The van der Waals surface area contributed by atoms with Crippen LogP contribution in [0.2, 0.25) is 0 Å². The smallest absolute Gasteiger partial charge is 0.231 e. The normalized spacial score (nSPS) is 16.6. The van der Waals surface area contributed by atoms with Crippen molar-refractivity contribution in [2.45, 2.75) is 39.0 Å². The Balaban J connectivity index is 2.25. The molecule has 2 rings (SSSR count). The SMILES string of the molecule is CCCC(CN)C(=O)N1CCCCc2ccccc21. The van der Waals surface area contributed by atoms with E-state index in [0.717, 1.165) is 44.3 Å². The van der Waals surface area contributed by atoms with Crippen LogP contribution in [0.15, 0.2) is 24.3 Å². The van der Waals surface area contributed by atoms with Crippen LogP contribution in [0.25, 0.3) is 0 Å². The van der Waals surface area contributed by atoms with Crippen molar-refractivity contribution in [2.24, 2.45) is 11.7 Å². The molecular weight excluding hydrogens is 236 g/mol. The third kappa shape index (κ3) is 3.16. The van der Waals surface area contributed by atoms with Crippen LogP contribution in [-0.4, -0.2) is 19.0 Å². The van der Waals surface area contributed by atoms with Gasteiger partial charge in [0.15, 0.2) is 0 Å². The van der Waals surface area contributed by atoms with Crippen molar-refractivity contribution in [1.29, 1.82) is 0 Å². The van der Waals surface area contributed by atoms with Crippen molar-refractivity contribution in [3.8, 4) is 0 Å². The van der Waals surface area contributed by atoms with Crippen LogP contribution in [0.3, 0.4) is 0 Å². The van der Waals surface area contributed by atoms with Crippen molar-refractivity contribution in [3.05, 3.63) is 29.8 Å². The molecule has 1 aliphatic heterocycles. The largest absolute Gasteiger partial charge is 0.330 e. The lowest BCUT2D eigenvalue weighted by Crippen LogP contribution is -2.39. The van der Waals surface area contributed by atoms with Gasteiger partial charge in [0, 0.05) is 18.8 Å². The molecule has 0 aliphatic carbocycles. The number of hydrogen-bond donors (Lipinski definition) is 1. The Bertz CT molecular complexity index is 431. The Morgan fingerprint density at radius 1 is 1.37 bits per heavy atom. The van der Waals surface area contributed by atoms with Crippen LogP contribution in [0.4, 0.5) is 5.69 Å². The van der Waals surface area contributed by atoms with E-state index < -0.39 is 0 Å². The topological polar surface area (TPSA) is 46.3 Å². The molecule has 3 heteroatoms. The van der Waals surface area contributed by atoms with E-state index >= 15 is 0 Å². The maximum absolute atomic E-state index is 12.7. The molecule has 1 atom stereocenters.